The van der Waals surface area contributed by atoms with E-state index in [9.17, 15) is 15.0 Å². The van der Waals surface area contributed by atoms with Crippen molar-refractivity contribution < 1.29 is 19.7 Å². The summed E-state index contributed by atoms with van der Waals surface area (Å²) in [6, 6.07) is 12.2. The van der Waals surface area contributed by atoms with Crippen molar-refractivity contribution in [3.63, 3.8) is 0 Å². The molecule has 0 bridgehead atoms. The van der Waals surface area contributed by atoms with Crippen LogP contribution in [0.2, 0.25) is 5.02 Å². The Labute approximate surface area is 162 Å². The standard InChI is InChI=1S/C21H22ClNO4/c1-3-4-18-17(12-20(24)25)16-11-15(27-2)9-10-19(16)23(18)21(26)13-5-7-14(22)8-6-13/h5-11,20,24-25H,3-4,12H2,1-2H3. The fourth-order valence-corrected chi connectivity index (χ4v) is 3.50. The normalized spacial score (nSPS) is 11.3. The molecule has 27 heavy (non-hydrogen) atoms. The number of carbonyl (C=O) groups is 1. The number of nitrogens with zero attached hydrogens (tertiary/aromatic N) is 1. The van der Waals surface area contributed by atoms with Crippen LogP contribution in [-0.4, -0.2) is 34.1 Å². The van der Waals surface area contributed by atoms with E-state index < -0.39 is 6.29 Å². The summed E-state index contributed by atoms with van der Waals surface area (Å²) in [5, 5.41) is 20.5. The van der Waals surface area contributed by atoms with E-state index in [1.54, 1.807) is 42.0 Å². The van der Waals surface area contributed by atoms with E-state index >= 15 is 0 Å². The number of rotatable bonds is 6. The minimum Gasteiger partial charge on any atom is -0.497 e. The number of hydrogen-bond acceptors (Lipinski definition) is 4. The van der Waals surface area contributed by atoms with E-state index in [0.717, 1.165) is 28.6 Å². The fourth-order valence-electron chi connectivity index (χ4n) is 3.38. The van der Waals surface area contributed by atoms with Crippen LogP contribution in [0.1, 0.15) is 35.0 Å². The van der Waals surface area contributed by atoms with Gasteiger partial charge in [-0.15, -0.1) is 0 Å². The molecular weight excluding hydrogens is 366 g/mol. The predicted molar refractivity (Wildman–Crippen MR) is 106 cm³/mol. The third kappa shape index (κ3) is 3.86. The highest BCUT2D eigenvalue weighted by Crippen LogP contribution is 2.32. The van der Waals surface area contributed by atoms with Gasteiger partial charge in [0.1, 0.15) is 5.75 Å². The second-order valence-electron chi connectivity index (χ2n) is 6.39. The number of carbonyl (C=O) groups excluding carboxylic acids is 1. The van der Waals surface area contributed by atoms with Gasteiger partial charge in [0.2, 0.25) is 0 Å². The van der Waals surface area contributed by atoms with Gasteiger partial charge in [0.25, 0.3) is 5.91 Å². The van der Waals surface area contributed by atoms with Gasteiger partial charge < -0.3 is 14.9 Å². The van der Waals surface area contributed by atoms with Crippen molar-refractivity contribution in [2.24, 2.45) is 0 Å². The van der Waals surface area contributed by atoms with E-state index in [-0.39, 0.29) is 12.3 Å². The first-order valence-corrected chi connectivity index (χ1v) is 9.20. The monoisotopic (exact) mass is 387 g/mol. The van der Waals surface area contributed by atoms with Gasteiger partial charge in [-0.2, -0.15) is 0 Å². The summed E-state index contributed by atoms with van der Waals surface area (Å²) in [6.07, 6.45) is -0.00905. The molecule has 0 aliphatic rings. The number of hydrogen-bond donors (Lipinski definition) is 2. The van der Waals surface area contributed by atoms with Gasteiger partial charge in [0, 0.05) is 28.1 Å². The molecule has 0 saturated carbocycles. The van der Waals surface area contributed by atoms with Gasteiger partial charge in [-0.1, -0.05) is 24.9 Å². The summed E-state index contributed by atoms with van der Waals surface area (Å²) >= 11 is 5.95. The SMILES string of the molecule is CCCc1c(CC(O)O)c2cc(OC)ccc2n1C(=O)c1ccc(Cl)cc1. The predicted octanol–water partition coefficient (Wildman–Crippen LogP) is 3.80. The number of benzene rings is 2. The smallest absolute Gasteiger partial charge is 0.262 e. The molecule has 0 spiro atoms. The molecule has 1 heterocycles. The average molecular weight is 388 g/mol. The molecule has 0 aliphatic carbocycles. The van der Waals surface area contributed by atoms with Crippen molar-refractivity contribution in [1.29, 1.82) is 0 Å². The maximum atomic E-state index is 13.3. The van der Waals surface area contributed by atoms with Crippen molar-refractivity contribution >= 4 is 28.4 Å². The Bertz CT molecular complexity index is 960. The zero-order valence-corrected chi connectivity index (χ0v) is 16.0. The lowest BCUT2D eigenvalue weighted by Gasteiger charge is -2.11. The summed E-state index contributed by atoms with van der Waals surface area (Å²) in [4.78, 5) is 13.3. The second kappa shape index (κ2) is 8.13. The summed E-state index contributed by atoms with van der Waals surface area (Å²) in [6.45, 7) is 2.02. The molecule has 0 saturated heterocycles. The summed E-state index contributed by atoms with van der Waals surface area (Å²) in [7, 11) is 1.57. The Hall–Kier alpha value is -2.34. The molecule has 6 heteroatoms. The molecule has 142 valence electrons. The third-order valence-corrected chi connectivity index (χ3v) is 4.81. The lowest BCUT2D eigenvalue weighted by atomic mass is 10.0. The van der Waals surface area contributed by atoms with E-state index in [1.165, 1.54) is 0 Å². The summed E-state index contributed by atoms with van der Waals surface area (Å²) in [5.41, 5.74) is 2.77. The number of halogens is 1. The maximum Gasteiger partial charge on any atom is 0.262 e. The Morgan fingerprint density at radius 1 is 1.19 bits per heavy atom. The summed E-state index contributed by atoms with van der Waals surface area (Å²) < 4.78 is 6.98. The molecular formula is C21H22ClNO4. The van der Waals surface area contributed by atoms with Crippen LogP contribution in [0.3, 0.4) is 0 Å². The fraction of sp³-hybridized carbons (Fsp3) is 0.286. The van der Waals surface area contributed by atoms with E-state index in [1.807, 2.05) is 19.1 Å². The first-order chi connectivity index (χ1) is 13.0. The lowest BCUT2D eigenvalue weighted by Crippen LogP contribution is -2.17. The second-order valence-corrected chi connectivity index (χ2v) is 6.83. The molecule has 5 nitrogen and oxygen atoms in total. The first-order valence-electron chi connectivity index (χ1n) is 8.82. The number of methoxy groups -OCH3 is 1. The topological polar surface area (TPSA) is 71.7 Å². The zero-order valence-electron chi connectivity index (χ0n) is 15.3. The molecule has 2 aromatic carbocycles. The van der Waals surface area contributed by atoms with Crippen LogP contribution in [0, 0.1) is 0 Å². The van der Waals surface area contributed by atoms with Crippen LogP contribution in [0.4, 0.5) is 0 Å². The van der Waals surface area contributed by atoms with E-state index in [2.05, 4.69) is 0 Å². The highest BCUT2D eigenvalue weighted by molar-refractivity contribution is 6.30. The largest absolute Gasteiger partial charge is 0.497 e. The molecule has 3 rings (SSSR count). The molecule has 0 radical (unpaired) electrons. The number of aliphatic hydroxyl groups is 2. The van der Waals surface area contributed by atoms with E-state index in [4.69, 9.17) is 16.3 Å². The van der Waals surface area contributed by atoms with Crippen LogP contribution in [-0.2, 0) is 12.8 Å². The Balaban J connectivity index is 2.27. The van der Waals surface area contributed by atoms with Crippen LogP contribution in [0.25, 0.3) is 10.9 Å². The van der Waals surface area contributed by atoms with Crippen LogP contribution >= 0.6 is 11.6 Å². The molecule has 0 aliphatic heterocycles. The number of fused-ring (bicyclic) bond motifs is 1. The van der Waals surface area contributed by atoms with Crippen molar-refractivity contribution in [1.82, 2.24) is 4.57 Å². The maximum absolute atomic E-state index is 13.3. The summed E-state index contributed by atoms with van der Waals surface area (Å²) in [5.74, 6) is 0.472. The van der Waals surface area contributed by atoms with Crippen molar-refractivity contribution in [2.75, 3.05) is 7.11 Å². The van der Waals surface area contributed by atoms with Crippen LogP contribution in [0.15, 0.2) is 42.5 Å². The quantitative estimate of drug-likeness (QED) is 0.631. The number of aromatic nitrogens is 1. The van der Waals surface area contributed by atoms with Gasteiger partial charge in [-0.05, 0) is 54.4 Å². The third-order valence-electron chi connectivity index (χ3n) is 4.56. The first kappa shape index (κ1) is 19.4. The zero-order chi connectivity index (χ0) is 19.6. The molecule has 3 aromatic rings. The molecule has 0 fully saturated rings. The van der Waals surface area contributed by atoms with Gasteiger partial charge >= 0.3 is 0 Å². The number of aliphatic hydroxyl groups excluding tert-OH is 1. The number of ether oxygens (including phenoxy) is 1. The van der Waals surface area contributed by atoms with Gasteiger partial charge in [0.15, 0.2) is 6.29 Å². The Morgan fingerprint density at radius 3 is 2.48 bits per heavy atom. The lowest BCUT2D eigenvalue weighted by molar-refractivity contribution is -0.0381. The van der Waals surface area contributed by atoms with Crippen LogP contribution in [0.5, 0.6) is 5.75 Å². The molecule has 0 amide bonds. The minimum atomic E-state index is -1.50. The van der Waals surface area contributed by atoms with Gasteiger partial charge in [-0.25, -0.2) is 0 Å². The molecule has 2 N–H and O–H groups in total. The van der Waals surface area contributed by atoms with Crippen molar-refractivity contribution in [3.05, 3.63) is 64.3 Å². The van der Waals surface area contributed by atoms with E-state index in [0.29, 0.717) is 22.8 Å². The van der Waals surface area contributed by atoms with Gasteiger partial charge in [0.05, 0.1) is 12.6 Å². The van der Waals surface area contributed by atoms with Crippen LogP contribution < -0.4 is 4.74 Å². The molecule has 1 aromatic heterocycles. The Morgan fingerprint density at radius 2 is 1.89 bits per heavy atom. The average Bonchev–Trinajstić information content (AvgIpc) is 2.94. The van der Waals surface area contributed by atoms with Crippen molar-refractivity contribution in [2.45, 2.75) is 32.5 Å². The van der Waals surface area contributed by atoms with Gasteiger partial charge in [-0.3, -0.25) is 9.36 Å². The minimum absolute atomic E-state index is 0.0416. The molecule has 0 atom stereocenters. The Kier molecular flexibility index (Phi) is 5.85. The molecule has 0 unspecified atom stereocenters. The highest BCUT2D eigenvalue weighted by Gasteiger charge is 2.23. The highest BCUT2D eigenvalue weighted by atomic mass is 35.5. The van der Waals surface area contributed by atoms with Crippen molar-refractivity contribution in [3.8, 4) is 5.75 Å².